The highest BCUT2D eigenvalue weighted by Gasteiger charge is 2.23. The Kier molecular flexibility index (Phi) is 7.28. The number of Topliss-reactive ketones (excluding diaryl/α,β-unsaturated/α-hetero) is 1. The van der Waals surface area contributed by atoms with Crippen LogP contribution in [0.4, 0.5) is 5.82 Å². The average Bonchev–Trinajstić information content (AvgIpc) is 3.24. The first-order chi connectivity index (χ1) is 15.5. The van der Waals surface area contributed by atoms with Crippen LogP contribution >= 0.6 is 34.5 Å². The van der Waals surface area contributed by atoms with E-state index in [4.69, 9.17) is 23.2 Å². The Morgan fingerprint density at radius 2 is 1.81 bits per heavy atom. The number of thiophene rings is 1. The topological polar surface area (TPSA) is 66.4 Å². The molecule has 0 unspecified atom stereocenters. The van der Waals surface area contributed by atoms with Gasteiger partial charge in [-0.1, -0.05) is 30.1 Å². The van der Waals surface area contributed by atoms with Gasteiger partial charge in [-0.2, -0.15) is 0 Å². The smallest absolute Gasteiger partial charge is 0.222 e. The highest BCUT2D eigenvalue weighted by molar-refractivity contribution is 7.18. The number of ketones is 1. The second-order valence-electron chi connectivity index (χ2n) is 7.76. The number of anilines is 1. The van der Waals surface area contributed by atoms with Crippen molar-refractivity contribution in [2.75, 3.05) is 31.1 Å². The van der Waals surface area contributed by atoms with Crippen LogP contribution < -0.4 is 4.90 Å². The SMILES string of the molecule is CCc1cc2c(N3CCN(C(=O)CCCC(=O)c4ccc(Cl)c(Cl)c4)CC3)ncnc2s1. The van der Waals surface area contributed by atoms with Crippen LogP contribution in [-0.2, 0) is 11.2 Å². The predicted octanol–water partition coefficient (Wildman–Crippen LogP) is 5.26. The number of amides is 1. The Bertz CT molecular complexity index is 1140. The maximum absolute atomic E-state index is 12.6. The lowest BCUT2D eigenvalue weighted by Crippen LogP contribution is -2.49. The number of aromatic nitrogens is 2. The molecule has 3 aromatic rings. The number of fused-ring (bicyclic) bond motifs is 1. The lowest BCUT2D eigenvalue weighted by atomic mass is 10.1. The van der Waals surface area contributed by atoms with Crippen LogP contribution in [0, 0.1) is 0 Å². The Morgan fingerprint density at radius 3 is 2.53 bits per heavy atom. The molecule has 1 saturated heterocycles. The number of nitrogens with zero attached hydrogens (tertiary/aromatic N) is 4. The molecule has 2 aromatic heterocycles. The zero-order valence-electron chi connectivity index (χ0n) is 17.8. The summed E-state index contributed by atoms with van der Waals surface area (Å²) in [5.41, 5.74) is 0.524. The number of benzene rings is 1. The van der Waals surface area contributed by atoms with Crippen molar-refractivity contribution in [1.29, 1.82) is 0 Å². The molecule has 6 nitrogen and oxygen atoms in total. The highest BCUT2D eigenvalue weighted by Crippen LogP contribution is 2.31. The van der Waals surface area contributed by atoms with Crippen molar-refractivity contribution < 1.29 is 9.59 Å². The van der Waals surface area contributed by atoms with Gasteiger partial charge in [-0.15, -0.1) is 11.3 Å². The van der Waals surface area contributed by atoms with E-state index in [1.54, 1.807) is 35.9 Å². The van der Waals surface area contributed by atoms with E-state index in [0.717, 1.165) is 35.5 Å². The first-order valence-corrected chi connectivity index (χ1v) is 12.3. The third-order valence-corrected chi connectivity index (χ3v) is 7.60. The van der Waals surface area contributed by atoms with Crippen molar-refractivity contribution in [3.63, 3.8) is 0 Å². The predicted molar refractivity (Wildman–Crippen MR) is 130 cm³/mol. The fourth-order valence-corrected chi connectivity index (χ4v) is 5.09. The summed E-state index contributed by atoms with van der Waals surface area (Å²) in [6.07, 6.45) is 3.78. The molecular formula is C23H24Cl2N4O2S. The summed E-state index contributed by atoms with van der Waals surface area (Å²) in [5, 5.41) is 1.88. The molecular weight excluding hydrogens is 467 g/mol. The van der Waals surface area contributed by atoms with Crippen LogP contribution in [0.5, 0.6) is 0 Å². The van der Waals surface area contributed by atoms with Crippen molar-refractivity contribution in [2.45, 2.75) is 32.6 Å². The summed E-state index contributed by atoms with van der Waals surface area (Å²) in [4.78, 5) is 40.3. The molecule has 0 spiro atoms. The quantitative estimate of drug-likeness (QED) is 0.422. The van der Waals surface area contributed by atoms with Crippen LogP contribution in [0.1, 0.15) is 41.4 Å². The fraction of sp³-hybridized carbons (Fsp3) is 0.391. The van der Waals surface area contributed by atoms with Crippen LogP contribution in [0.25, 0.3) is 10.2 Å². The zero-order valence-corrected chi connectivity index (χ0v) is 20.1. The molecule has 32 heavy (non-hydrogen) atoms. The second kappa shape index (κ2) is 10.1. The summed E-state index contributed by atoms with van der Waals surface area (Å²) in [7, 11) is 0. The van der Waals surface area contributed by atoms with Gasteiger partial charge in [0.1, 0.15) is 17.0 Å². The Labute approximate surface area is 201 Å². The van der Waals surface area contributed by atoms with Crippen LogP contribution in [0.3, 0.4) is 0 Å². The molecule has 1 fully saturated rings. The maximum Gasteiger partial charge on any atom is 0.222 e. The minimum atomic E-state index is -0.0313. The van der Waals surface area contributed by atoms with Crippen molar-refractivity contribution in [1.82, 2.24) is 14.9 Å². The van der Waals surface area contributed by atoms with Crippen molar-refractivity contribution in [2.24, 2.45) is 0 Å². The zero-order chi connectivity index (χ0) is 22.7. The Morgan fingerprint density at radius 1 is 1.03 bits per heavy atom. The molecule has 0 radical (unpaired) electrons. The van der Waals surface area contributed by atoms with E-state index in [1.165, 1.54) is 4.88 Å². The van der Waals surface area contributed by atoms with Gasteiger partial charge in [-0.25, -0.2) is 9.97 Å². The van der Waals surface area contributed by atoms with Crippen LogP contribution in [0.15, 0.2) is 30.6 Å². The molecule has 0 N–H and O–H groups in total. The largest absolute Gasteiger partial charge is 0.352 e. The number of hydrogen-bond donors (Lipinski definition) is 0. The summed E-state index contributed by atoms with van der Waals surface area (Å²) < 4.78 is 0. The van der Waals surface area contributed by atoms with E-state index in [0.29, 0.717) is 48.0 Å². The third-order valence-electron chi connectivity index (χ3n) is 5.68. The molecule has 3 heterocycles. The molecule has 1 aliphatic rings. The number of rotatable bonds is 7. The monoisotopic (exact) mass is 490 g/mol. The summed E-state index contributed by atoms with van der Waals surface area (Å²) in [5.74, 6) is 1.00. The highest BCUT2D eigenvalue weighted by atomic mass is 35.5. The van der Waals surface area contributed by atoms with Crippen LogP contribution in [0.2, 0.25) is 10.0 Å². The van der Waals surface area contributed by atoms with Crippen molar-refractivity contribution in [3.05, 3.63) is 51.1 Å². The average molecular weight is 491 g/mol. The summed E-state index contributed by atoms with van der Waals surface area (Å²) in [6.45, 7) is 4.90. The molecule has 1 aliphatic heterocycles. The molecule has 4 rings (SSSR count). The fourth-order valence-electron chi connectivity index (χ4n) is 3.86. The van der Waals surface area contributed by atoms with E-state index in [2.05, 4.69) is 27.9 Å². The lowest BCUT2D eigenvalue weighted by molar-refractivity contribution is -0.131. The summed E-state index contributed by atoms with van der Waals surface area (Å²) >= 11 is 13.6. The normalized spacial score (nSPS) is 14.2. The standard InChI is InChI=1S/C23H24Cl2N4O2S/c1-2-16-13-17-22(26-14-27-23(17)32-16)29-10-8-28(9-11-29)21(31)5-3-4-20(30)15-6-7-18(24)19(25)12-15/h6-7,12-14H,2-5,8-11H2,1H3. The Balaban J connectivity index is 1.28. The van der Waals surface area contributed by atoms with Crippen molar-refractivity contribution >= 4 is 62.3 Å². The van der Waals surface area contributed by atoms with E-state index in [1.807, 2.05) is 4.90 Å². The molecule has 0 atom stereocenters. The van der Waals surface area contributed by atoms with Gasteiger partial charge in [0.25, 0.3) is 0 Å². The molecule has 9 heteroatoms. The molecule has 168 valence electrons. The summed E-state index contributed by atoms with van der Waals surface area (Å²) in [6, 6.07) is 7.04. The second-order valence-corrected chi connectivity index (χ2v) is 9.69. The van der Waals surface area contributed by atoms with E-state index in [9.17, 15) is 9.59 Å². The van der Waals surface area contributed by atoms with Gasteiger partial charge >= 0.3 is 0 Å². The van der Waals surface area contributed by atoms with Gasteiger partial charge in [-0.3, -0.25) is 9.59 Å². The first kappa shape index (κ1) is 23.0. The van der Waals surface area contributed by atoms with Gasteiger partial charge in [0, 0.05) is 49.5 Å². The number of piperazine rings is 1. The first-order valence-electron chi connectivity index (χ1n) is 10.7. The van der Waals surface area contributed by atoms with Gasteiger partial charge < -0.3 is 9.80 Å². The number of hydrogen-bond acceptors (Lipinski definition) is 6. The van der Waals surface area contributed by atoms with E-state index >= 15 is 0 Å². The lowest BCUT2D eigenvalue weighted by Gasteiger charge is -2.35. The van der Waals surface area contributed by atoms with Gasteiger partial charge in [0.05, 0.1) is 15.4 Å². The maximum atomic E-state index is 12.6. The van der Waals surface area contributed by atoms with Gasteiger partial charge in [-0.05, 0) is 37.1 Å². The van der Waals surface area contributed by atoms with Gasteiger partial charge in [0.15, 0.2) is 5.78 Å². The van der Waals surface area contributed by atoms with E-state index < -0.39 is 0 Å². The van der Waals surface area contributed by atoms with Crippen molar-refractivity contribution in [3.8, 4) is 0 Å². The minimum absolute atomic E-state index is 0.0313. The molecule has 0 bridgehead atoms. The number of carbonyl (C=O) groups is 2. The van der Waals surface area contributed by atoms with Gasteiger partial charge in [0.2, 0.25) is 5.91 Å². The number of aryl methyl sites for hydroxylation is 1. The molecule has 0 saturated carbocycles. The Hall–Kier alpha value is -2.22. The number of carbonyl (C=O) groups excluding carboxylic acids is 2. The molecule has 1 aromatic carbocycles. The number of halogens is 2. The van der Waals surface area contributed by atoms with E-state index in [-0.39, 0.29) is 11.7 Å². The third kappa shape index (κ3) is 5.05. The molecule has 1 amide bonds. The van der Waals surface area contributed by atoms with Crippen LogP contribution in [-0.4, -0.2) is 52.7 Å². The molecule has 0 aliphatic carbocycles. The minimum Gasteiger partial charge on any atom is -0.352 e.